The van der Waals surface area contributed by atoms with E-state index in [9.17, 15) is 0 Å². The van der Waals surface area contributed by atoms with Crippen LogP contribution in [0.2, 0.25) is 0 Å². The van der Waals surface area contributed by atoms with Crippen molar-refractivity contribution in [2.45, 2.75) is 0 Å². The minimum Gasteiger partial charge on any atom is -0.311 e. The number of para-hydroxylation sites is 2. The summed E-state index contributed by atoms with van der Waals surface area (Å²) in [5.74, 6) is 0. The second-order valence-corrected chi connectivity index (χ2v) is 21.2. The molecule has 59 heavy (non-hydrogen) atoms. The van der Waals surface area contributed by atoms with E-state index in [1.165, 1.54) is 72.5 Å². The maximum atomic E-state index is 2.51. The Hall–Kier alpha value is -6.76. The molecular formula is C54H36N2S2Si. The Morgan fingerprint density at radius 2 is 0.780 bits per heavy atom. The quantitative estimate of drug-likeness (QED) is 0.155. The standard InChI is InChI=1S/C54H36N2S2Si/c1-4-16-37(17-5-1)56-47-24-12-15-27-53(47)59(41-18-6-2-7-19-41,42-20-8-3-9-21-42)54-33-30-38(34-48(54)56)55(39-28-31-45-43-22-10-13-25-49(43)57-51(45)35-39)40-29-32-46-44-23-11-14-26-50(44)58-52(46)36-40/h1-36H. The van der Waals surface area contributed by atoms with E-state index < -0.39 is 8.07 Å². The molecule has 2 aromatic heterocycles. The van der Waals surface area contributed by atoms with Gasteiger partial charge in [0, 0.05) is 74.5 Å². The van der Waals surface area contributed by atoms with Gasteiger partial charge in [0.1, 0.15) is 0 Å². The minimum absolute atomic E-state index is 1.12. The highest BCUT2D eigenvalue weighted by atomic mass is 32.1. The summed E-state index contributed by atoms with van der Waals surface area (Å²) >= 11 is 3.74. The van der Waals surface area contributed by atoms with Crippen LogP contribution in [0, 0.1) is 0 Å². The topological polar surface area (TPSA) is 6.48 Å². The van der Waals surface area contributed by atoms with Crippen LogP contribution in [0.1, 0.15) is 0 Å². The van der Waals surface area contributed by atoms with Crippen molar-refractivity contribution in [2.75, 3.05) is 9.80 Å². The molecule has 9 aromatic carbocycles. The number of thiophene rings is 2. The van der Waals surface area contributed by atoms with Gasteiger partial charge in [0.15, 0.2) is 8.07 Å². The van der Waals surface area contributed by atoms with Gasteiger partial charge in [-0.1, -0.05) is 152 Å². The lowest BCUT2D eigenvalue weighted by Gasteiger charge is -2.45. The second kappa shape index (κ2) is 13.7. The summed E-state index contributed by atoms with van der Waals surface area (Å²) in [6.07, 6.45) is 0. The average Bonchev–Trinajstić information content (AvgIpc) is 3.87. The van der Waals surface area contributed by atoms with Crippen molar-refractivity contribution < 1.29 is 0 Å². The highest BCUT2D eigenvalue weighted by molar-refractivity contribution is 7.26. The Morgan fingerprint density at radius 1 is 0.339 bits per heavy atom. The van der Waals surface area contributed by atoms with Crippen LogP contribution in [0.5, 0.6) is 0 Å². The zero-order chi connectivity index (χ0) is 38.9. The maximum absolute atomic E-state index is 2.83. The van der Waals surface area contributed by atoms with Gasteiger partial charge in [-0.25, -0.2) is 0 Å². The van der Waals surface area contributed by atoms with Gasteiger partial charge in [-0.05, 0) is 87.5 Å². The fourth-order valence-electron chi connectivity index (χ4n) is 9.60. The molecule has 3 heterocycles. The molecule has 0 amide bonds. The van der Waals surface area contributed by atoms with Crippen LogP contribution in [0.3, 0.4) is 0 Å². The second-order valence-electron chi connectivity index (χ2n) is 15.3. The van der Waals surface area contributed by atoms with Crippen LogP contribution < -0.4 is 30.5 Å². The molecule has 0 saturated carbocycles. The number of hydrogen-bond acceptors (Lipinski definition) is 4. The Bertz CT molecular complexity index is 3200. The minimum atomic E-state index is -2.83. The molecule has 0 fully saturated rings. The van der Waals surface area contributed by atoms with Gasteiger partial charge in [-0.2, -0.15) is 0 Å². The van der Waals surface area contributed by atoms with E-state index in [0.717, 1.165) is 22.7 Å². The number of anilines is 6. The molecule has 0 bridgehead atoms. The molecule has 278 valence electrons. The first kappa shape index (κ1) is 34.3. The van der Waals surface area contributed by atoms with Crippen molar-refractivity contribution in [3.8, 4) is 0 Å². The van der Waals surface area contributed by atoms with E-state index in [0.29, 0.717) is 0 Å². The molecule has 12 rings (SSSR count). The highest BCUT2D eigenvalue weighted by Gasteiger charge is 2.49. The normalized spacial score (nSPS) is 13.2. The molecule has 0 spiro atoms. The van der Waals surface area contributed by atoms with Gasteiger partial charge < -0.3 is 9.80 Å². The lowest BCUT2D eigenvalue weighted by atomic mass is 10.1. The van der Waals surface area contributed by atoms with Gasteiger partial charge >= 0.3 is 0 Å². The SMILES string of the molecule is c1ccc(N2c3ccccc3[Si](c3ccccc3)(c3ccccc3)c3ccc(N(c4ccc5c(c4)sc4ccccc45)c4ccc5c(c4)sc4ccccc45)cc32)cc1. The summed E-state index contributed by atoms with van der Waals surface area (Å²) in [5.41, 5.74) is 6.99. The lowest BCUT2D eigenvalue weighted by molar-refractivity contribution is 1.26. The molecule has 0 aliphatic carbocycles. The summed E-state index contributed by atoms with van der Waals surface area (Å²) in [5, 5.41) is 10.7. The van der Waals surface area contributed by atoms with Gasteiger partial charge in [0.2, 0.25) is 0 Å². The highest BCUT2D eigenvalue weighted by Crippen LogP contribution is 2.46. The number of hydrogen-bond donors (Lipinski definition) is 0. The van der Waals surface area contributed by atoms with Crippen LogP contribution in [-0.4, -0.2) is 8.07 Å². The third-order valence-electron chi connectivity index (χ3n) is 12.1. The predicted molar refractivity (Wildman–Crippen MR) is 259 cm³/mol. The Labute approximate surface area is 352 Å². The van der Waals surface area contributed by atoms with E-state index >= 15 is 0 Å². The smallest absolute Gasteiger partial charge is 0.184 e. The molecule has 0 atom stereocenters. The zero-order valence-corrected chi connectivity index (χ0v) is 34.6. The molecule has 1 aliphatic heterocycles. The fraction of sp³-hybridized carbons (Fsp3) is 0. The number of nitrogens with zero attached hydrogens (tertiary/aromatic N) is 2. The number of benzene rings is 9. The molecule has 11 aromatic rings. The van der Waals surface area contributed by atoms with Gasteiger partial charge in [0.25, 0.3) is 0 Å². The molecule has 5 heteroatoms. The van der Waals surface area contributed by atoms with Crippen LogP contribution in [-0.2, 0) is 0 Å². The van der Waals surface area contributed by atoms with Gasteiger partial charge in [-0.15, -0.1) is 22.7 Å². The Balaban J connectivity index is 1.16. The lowest BCUT2D eigenvalue weighted by Crippen LogP contribution is -2.77. The van der Waals surface area contributed by atoms with Crippen LogP contribution >= 0.6 is 22.7 Å². The van der Waals surface area contributed by atoms with E-state index in [2.05, 4.69) is 228 Å². The molecule has 0 N–H and O–H groups in total. The number of rotatable bonds is 6. The van der Waals surface area contributed by atoms with Crippen molar-refractivity contribution in [1.29, 1.82) is 0 Å². The Morgan fingerprint density at radius 3 is 1.37 bits per heavy atom. The fourth-order valence-corrected chi connectivity index (χ4v) is 17.0. The number of fused-ring (bicyclic) bond motifs is 8. The molecule has 0 unspecified atom stereocenters. The van der Waals surface area contributed by atoms with E-state index in [4.69, 9.17) is 0 Å². The molecule has 0 saturated heterocycles. The third-order valence-corrected chi connectivity index (χ3v) is 19.2. The van der Waals surface area contributed by atoms with Gasteiger partial charge in [0.05, 0.1) is 0 Å². The largest absolute Gasteiger partial charge is 0.311 e. The summed E-state index contributed by atoms with van der Waals surface area (Å²) in [7, 11) is -2.83. The summed E-state index contributed by atoms with van der Waals surface area (Å²) in [4.78, 5) is 4.99. The first-order valence-electron chi connectivity index (χ1n) is 20.1. The average molecular weight is 805 g/mol. The van der Waals surface area contributed by atoms with Crippen LogP contribution in [0.15, 0.2) is 218 Å². The first-order chi connectivity index (χ1) is 29.3. The zero-order valence-electron chi connectivity index (χ0n) is 32.0. The third kappa shape index (κ3) is 5.29. The Kier molecular flexibility index (Phi) is 7.95. The molecule has 0 radical (unpaired) electrons. The summed E-state index contributed by atoms with van der Waals surface area (Å²) in [6, 6.07) is 81.5. The molecular weight excluding hydrogens is 769 g/mol. The predicted octanol–water partition coefficient (Wildman–Crippen LogP) is 13.1. The molecule has 1 aliphatic rings. The summed E-state index contributed by atoms with van der Waals surface area (Å²) < 4.78 is 5.20. The van der Waals surface area contributed by atoms with Crippen LogP contribution in [0.25, 0.3) is 40.3 Å². The maximum Gasteiger partial charge on any atom is 0.184 e. The monoisotopic (exact) mass is 804 g/mol. The van der Waals surface area contributed by atoms with Crippen molar-refractivity contribution >= 4 is 126 Å². The summed E-state index contributed by atoms with van der Waals surface area (Å²) in [6.45, 7) is 0. The van der Waals surface area contributed by atoms with Crippen molar-refractivity contribution in [2.24, 2.45) is 0 Å². The van der Waals surface area contributed by atoms with Crippen molar-refractivity contribution in [1.82, 2.24) is 0 Å². The van der Waals surface area contributed by atoms with Crippen molar-refractivity contribution in [3.63, 3.8) is 0 Å². The van der Waals surface area contributed by atoms with E-state index in [1.807, 2.05) is 22.7 Å². The van der Waals surface area contributed by atoms with E-state index in [1.54, 1.807) is 0 Å². The first-order valence-corrected chi connectivity index (χ1v) is 23.7. The van der Waals surface area contributed by atoms with Crippen molar-refractivity contribution in [3.05, 3.63) is 218 Å². The van der Waals surface area contributed by atoms with E-state index in [-0.39, 0.29) is 0 Å². The molecule has 2 nitrogen and oxygen atoms in total. The van der Waals surface area contributed by atoms with Crippen LogP contribution in [0.4, 0.5) is 34.1 Å². The van der Waals surface area contributed by atoms with Gasteiger partial charge in [-0.3, -0.25) is 0 Å².